The van der Waals surface area contributed by atoms with E-state index in [2.05, 4.69) is 4.98 Å². The third-order valence-corrected chi connectivity index (χ3v) is 4.16. The van der Waals surface area contributed by atoms with E-state index in [9.17, 15) is 14.0 Å². The number of Topliss-reactive ketones (excluding diaryl/α,β-unsaturated/α-hetero) is 1. The maximum Gasteiger partial charge on any atom is 0.309 e. The molecule has 0 spiro atoms. The number of hydrogen-bond donors (Lipinski definition) is 1. The zero-order chi connectivity index (χ0) is 16.3. The first-order chi connectivity index (χ1) is 10.3. The van der Waals surface area contributed by atoms with E-state index in [0.717, 1.165) is 0 Å². The van der Waals surface area contributed by atoms with Crippen molar-refractivity contribution >= 4 is 23.1 Å². The molecule has 1 aromatic heterocycles. The molecule has 0 bridgehead atoms. The number of ketones is 1. The van der Waals surface area contributed by atoms with Crippen LogP contribution in [0.15, 0.2) is 29.6 Å². The van der Waals surface area contributed by atoms with E-state index in [1.807, 2.05) is 0 Å². The summed E-state index contributed by atoms with van der Waals surface area (Å²) in [7, 11) is 0. The Morgan fingerprint density at radius 3 is 2.73 bits per heavy atom. The van der Waals surface area contributed by atoms with Crippen LogP contribution in [-0.4, -0.2) is 21.8 Å². The summed E-state index contributed by atoms with van der Waals surface area (Å²) in [5.74, 6) is -1.52. The predicted molar refractivity (Wildman–Crippen MR) is 82.3 cm³/mol. The van der Waals surface area contributed by atoms with Crippen LogP contribution in [0.5, 0.6) is 0 Å². The largest absolute Gasteiger partial charge is 0.481 e. The molecule has 1 aromatic carbocycles. The summed E-state index contributed by atoms with van der Waals surface area (Å²) in [6.07, 6.45) is 0.0394. The Hall–Kier alpha value is -2.08. The van der Waals surface area contributed by atoms with Crippen LogP contribution in [-0.2, 0) is 16.0 Å². The average molecular weight is 321 g/mol. The maximum atomic E-state index is 13.2. The molecule has 0 fully saturated rings. The SMILES string of the molecule is CC(C)(CC(=O)Cc1csc(-c2cccc(F)c2)n1)C(=O)O. The molecule has 0 aliphatic carbocycles. The fourth-order valence-corrected chi connectivity index (χ4v) is 2.79. The van der Waals surface area contributed by atoms with Crippen LogP contribution < -0.4 is 0 Å². The summed E-state index contributed by atoms with van der Waals surface area (Å²) >= 11 is 1.33. The molecule has 0 unspecified atom stereocenters. The zero-order valence-corrected chi connectivity index (χ0v) is 13.1. The maximum absolute atomic E-state index is 13.2. The molecule has 0 radical (unpaired) electrons. The van der Waals surface area contributed by atoms with Gasteiger partial charge in [-0.2, -0.15) is 0 Å². The summed E-state index contributed by atoms with van der Waals surface area (Å²) in [5, 5.41) is 11.4. The number of carbonyl (C=O) groups is 2. The summed E-state index contributed by atoms with van der Waals surface area (Å²) < 4.78 is 13.2. The first kappa shape index (κ1) is 16.3. The third-order valence-electron chi connectivity index (χ3n) is 3.22. The number of halogens is 1. The molecular weight excluding hydrogens is 305 g/mol. The van der Waals surface area contributed by atoms with E-state index in [1.54, 1.807) is 17.5 Å². The first-order valence-corrected chi connectivity index (χ1v) is 7.61. The van der Waals surface area contributed by atoms with Crippen LogP contribution in [0.25, 0.3) is 10.6 Å². The van der Waals surface area contributed by atoms with Crippen molar-refractivity contribution in [2.45, 2.75) is 26.7 Å². The first-order valence-electron chi connectivity index (χ1n) is 6.73. The average Bonchev–Trinajstić information content (AvgIpc) is 2.86. The van der Waals surface area contributed by atoms with E-state index in [4.69, 9.17) is 5.11 Å². The Morgan fingerprint density at radius 1 is 1.36 bits per heavy atom. The molecule has 0 amide bonds. The number of nitrogens with zero attached hydrogens (tertiary/aromatic N) is 1. The van der Waals surface area contributed by atoms with Gasteiger partial charge >= 0.3 is 5.97 Å². The van der Waals surface area contributed by atoms with Crippen LogP contribution >= 0.6 is 11.3 Å². The van der Waals surface area contributed by atoms with Gasteiger partial charge in [0, 0.05) is 23.8 Å². The molecule has 1 N–H and O–H groups in total. The highest BCUT2D eigenvalue weighted by atomic mass is 32.1. The lowest BCUT2D eigenvalue weighted by molar-refractivity contribution is -0.149. The molecule has 0 saturated heterocycles. The number of carbonyl (C=O) groups excluding carboxylic acids is 1. The van der Waals surface area contributed by atoms with Crippen molar-refractivity contribution in [3.8, 4) is 10.6 Å². The molecule has 22 heavy (non-hydrogen) atoms. The molecule has 4 nitrogen and oxygen atoms in total. The molecule has 116 valence electrons. The van der Waals surface area contributed by atoms with Crippen LogP contribution in [0.3, 0.4) is 0 Å². The van der Waals surface area contributed by atoms with E-state index >= 15 is 0 Å². The topological polar surface area (TPSA) is 67.3 Å². The predicted octanol–water partition coefficient (Wildman–Crippen LogP) is 3.56. The van der Waals surface area contributed by atoms with Crippen LogP contribution in [0.4, 0.5) is 4.39 Å². The van der Waals surface area contributed by atoms with Crippen molar-refractivity contribution in [3.63, 3.8) is 0 Å². The van der Waals surface area contributed by atoms with Gasteiger partial charge in [0.15, 0.2) is 0 Å². The Labute approximate surface area is 131 Å². The number of rotatable bonds is 6. The summed E-state index contributed by atoms with van der Waals surface area (Å²) in [6, 6.07) is 6.10. The van der Waals surface area contributed by atoms with Crippen molar-refractivity contribution in [1.29, 1.82) is 0 Å². The molecule has 0 saturated carbocycles. The second-order valence-electron chi connectivity index (χ2n) is 5.74. The zero-order valence-electron chi connectivity index (χ0n) is 12.3. The van der Waals surface area contributed by atoms with Gasteiger partial charge in [0.05, 0.1) is 11.1 Å². The van der Waals surface area contributed by atoms with Gasteiger partial charge < -0.3 is 5.11 Å². The fourth-order valence-electron chi connectivity index (χ4n) is 1.98. The molecule has 1 heterocycles. The van der Waals surface area contributed by atoms with E-state index in [-0.39, 0.29) is 24.4 Å². The lowest BCUT2D eigenvalue weighted by Crippen LogP contribution is -2.27. The minimum atomic E-state index is -1.08. The van der Waals surface area contributed by atoms with Gasteiger partial charge in [0.2, 0.25) is 0 Å². The van der Waals surface area contributed by atoms with Crippen molar-refractivity contribution in [1.82, 2.24) is 4.98 Å². The summed E-state index contributed by atoms with van der Waals surface area (Å²) in [6.45, 7) is 3.04. The van der Waals surface area contributed by atoms with Crippen LogP contribution in [0, 0.1) is 11.2 Å². The van der Waals surface area contributed by atoms with Crippen LogP contribution in [0.1, 0.15) is 26.0 Å². The van der Waals surface area contributed by atoms with Gasteiger partial charge in [0.25, 0.3) is 0 Å². The van der Waals surface area contributed by atoms with Gasteiger partial charge in [-0.05, 0) is 26.0 Å². The van der Waals surface area contributed by atoms with Crippen molar-refractivity contribution in [2.24, 2.45) is 5.41 Å². The Morgan fingerprint density at radius 2 is 2.09 bits per heavy atom. The second kappa shape index (κ2) is 6.36. The Kier molecular flexibility index (Phi) is 4.71. The Balaban J connectivity index is 2.06. The highest BCUT2D eigenvalue weighted by Gasteiger charge is 2.30. The Bertz CT molecular complexity index is 709. The number of aromatic nitrogens is 1. The van der Waals surface area contributed by atoms with E-state index < -0.39 is 11.4 Å². The van der Waals surface area contributed by atoms with E-state index in [1.165, 1.54) is 37.3 Å². The number of aliphatic carboxylic acids is 1. The van der Waals surface area contributed by atoms with Crippen molar-refractivity contribution < 1.29 is 19.1 Å². The second-order valence-corrected chi connectivity index (χ2v) is 6.59. The van der Waals surface area contributed by atoms with Gasteiger partial charge in [-0.25, -0.2) is 9.37 Å². The highest BCUT2D eigenvalue weighted by Crippen LogP contribution is 2.26. The summed E-state index contributed by atoms with van der Waals surface area (Å²) in [4.78, 5) is 27.3. The van der Waals surface area contributed by atoms with Gasteiger partial charge in [-0.15, -0.1) is 11.3 Å². The highest BCUT2D eigenvalue weighted by molar-refractivity contribution is 7.13. The van der Waals surface area contributed by atoms with Crippen LogP contribution in [0.2, 0.25) is 0 Å². The number of carboxylic acids is 1. The van der Waals surface area contributed by atoms with Crippen molar-refractivity contribution in [3.05, 3.63) is 41.2 Å². The summed E-state index contributed by atoms with van der Waals surface area (Å²) in [5.41, 5.74) is 0.156. The van der Waals surface area contributed by atoms with Gasteiger partial charge in [0.1, 0.15) is 16.6 Å². The molecule has 2 aromatic rings. The smallest absolute Gasteiger partial charge is 0.309 e. The monoisotopic (exact) mass is 321 g/mol. The molecule has 0 aliphatic rings. The lowest BCUT2D eigenvalue weighted by Gasteiger charge is -2.17. The third kappa shape index (κ3) is 3.98. The number of benzene rings is 1. The molecule has 0 atom stereocenters. The number of hydrogen-bond acceptors (Lipinski definition) is 4. The number of carboxylic acid groups (broad SMARTS) is 1. The van der Waals surface area contributed by atoms with Gasteiger partial charge in [-0.3, -0.25) is 9.59 Å². The standard InChI is InChI=1S/C16H16FNO3S/c1-16(2,15(20)21)8-13(19)7-12-9-22-14(18-12)10-4-3-5-11(17)6-10/h3-6,9H,7-8H2,1-2H3,(H,20,21). The molecule has 2 rings (SSSR count). The normalized spacial score (nSPS) is 11.4. The quantitative estimate of drug-likeness (QED) is 0.883. The molecular formula is C16H16FNO3S. The van der Waals surface area contributed by atoms with Crippen molar-refractivity contribution in [2.75, 3.05) is 0 Å². The number of thiazole rings is 1. The van der Waals surface area contributed by atoms with E-state index in [0.29, 0.717) is 16.3 Å². The minimum Gasteiger partial charge on any atom is -0.481 e. The van der Waals surface area contributed by atoms with Gasteiger partial charge in [-0.1, -0.05) is 12.1 Å². The lowest BCUT2D eigenvalue weighted by atomic mass is 9.86. The molecule has 0 aliphatic heterocycles. The minimum absolute atomic E-state index is 0.0465. The fraction of sp³-hybridized carbons (Fsp3) is 0.312. The molecule has 6 heteroatoms.